The minimum Gasteiger partial charge on any atom is -0.407 e. The Bertz CT molecular complexity index is 673. The van der Waals surface area contributed by atoms with Crippen molar-refractivity contribution in [3.63, 3.8) is 0 Å². The highest BCUT2D eigenvalue weighted by molar-refractivity contribution is 5.75. The number of halogens is 1. The van der Waals surface area contributed by atoms with Gasteiger partial charge in [0, 0.05) is 6.07 Å². The number of hydrogen-bond acceptors (Lipinski definition) is 3. The van der Waals surface area contributed by atoms with E-state index in [-0.39, 0.29) is 17.7 Å². The van der Waals surface area contributed by atoms with Gasteiger partial charge in [0.25, 0.3) is 0 Å². The van der Waals surface area contributed by atoms with E-state index in [1.807, 2.05) is 6.92 Å². The van der Waals surface area contributed by atoms with Gasteiger partial charge in [-0.2, -0.15) is 5.10 Å². The lowest BCUT2D eigenvalue weighted by molar-refractivity contribution is -0.140. The molecule has 0 atom stereocenters. The van der Waals surface area contributed by atoms with E-state index in [4.69, 9.17) is 4.74 Å². The van der Waals surface area contributed by atoms with E-state index in [1.165, 1.54) is 18.6 Å². The standard InChI is InChI=1S/C18H21FN2O2/c1-2-15-12-17(23-18(22)13-6-4-3-5-7-13)21(20-15)16-10-8-14(19)9-11-16/h8-13H,2-7H2,1H3. The molecule has 0 N–H and O–H groups in total. The number of esters is 1. The van der Waals surface area contributed by atoms with Gasteiger partial charge in [-0.15, -0.1) is 0 Å². The van der Waals surface area contributed by atoms with Crippen molar-refractivity contribution in [2.45, 2.75) is 45.4 Å². The fourth-order valence-corrected chi connectivity index (χ4v) is 2.95. The fraction of sp³-hybridized carbons (Fsp3) is 0.444. The summed E-state index contributed by atoms with van der Waals surface area (Å²) in [5, 5.41) is 4.44. The molecule has 122 valence electrons. The third-order valence-corrected chi connectivity index (χ3v) is 4.30. The van der Waals surface area contributed by atoms with E-state index in [9.17, 15) is 9.18 Å². The Labute approximate surface area is 135 Å². The molecule has 1 saturated carbocycles. The van der Waals surface area contributed by atoms with Gasteiger partial charge in [-0.3, -0.25) is 4.79 Å². The Morgan fingerprint density at radius 2 is 1.96 bits per heavy atom. The average Bonchev–Trinajstić information content (AvgIpc) is 2.99. The highest BCUT2D eigenvalue weighted by Gasteiger charge is 2.24. The molecule has 0 saturated heterocycles. The Morgan fingerprint density at radius 1 is 1.26 bits per heavy atom. The summed E-state index contributed by atoms with van der Waals surface area (Å²) in [6.07, 6.45) is 5.88. The predicted molar refractivity (Wildman–Crippen MR) is 85.1 cm³/mol. The van der Waals surface area contributed by atoms with E-state index in [1.54, 1.807) is 22.9 Å². The SMILES string of the molecule is CCc1cc(OC(=O)C2CCCCC2)n(-c2ccc(F)cc2)n1. The molecular formula is C18H21FN2O2. The molecule has 1 aromatic carbocycles. The molecule has 2 aromatic rings. The van der Waals surface area contributed by atoms with Gasteiger partial charge >= 0.3 is 5.97 Å². The summed E-state index contributed by atoms with van der Waals surface area (Å²) in [7, 11) is 0. The number of aromatic nitrogens is 2. The first-order valence-electron chi connectivity index (χ1n) is 8.24. The highest BCUT2D eigenvalue weighted by atomic mass is 19.1. The maximum atomic E-state index is 13.1. The molecule has 0 bridgehead atoms. The van der Waals surface area contributed by atoms with Crippen LogP contribution in [0.15, 0.2) is 30.3 Å². The van der Waals surface area contributed by atoms with Crippen LogP contribution in [0.1, 0.15) is 44.7 Å². The largest absolute Gasteiger partial charge is 0.407 e. The van der Waals surface area contributed by atoms with E-state index in [0.29, 0.717) is 11.6 Å². The zero-order valence-electron chi connectivity index (χ0n) is 13.3. The average molecular weight is 316 g/mol. The topological polar surface area (TPSA) is 44.1 Å². The Balaban J connectivity index is 1.84. The lowest BCUT2D eigenvalue weighted by Gasteiger charge is -2.19. The monoisotopic (exact) mass is 316 g/mol. The zero-order chi connectivity index (χ0) is 16.2. The Kier molecular flexibility index (Phi) is 4.74. The number of ether oxygens (including phenoxy) is 1. The summed E-state index contributed by atoms with van der Waals surface area (Å²) in [5.74, 6) is -0.109. The highest BCUT2D eigenvalue weighted by Crippen LogP contribution is 2.27. The number of benzene rings is 1. The number of carbonyl (C=O) groups is 1. The van der Waals surface area contributed by atoms with E-state index >= 15 is 0 Å². The van der Waals surface area contributed by atoms with Gasteiger partial charge in [0.1, 0.15) is 5.82 Å². The van der Waals surface area contributed by atoms with E-state index < -0.39 is 0 Å². The summed E-state index contributed by atoms with van der Waals surface area (Å²) in [4.78, 5) is 12.4. The second kappa shape index (κ2) is 6.94. The molecule has 0 amide bonds. The van der Waals surface area contributed by atoms with Crippen molar-refractivity contribution in [3.8, 4) is 11.6 Å². The van der Waals surface area contributed by atoms with Crippen molar-refractivity contribution < 1.29 is 13.9 Å². The molecular weight excluding hydrogens is 295 g/mol. The zero-order valence-corrected chi connectivity index (χ0v) is 13.3. The van der Waals surface area contributed by atoms with Crippen molar-refractivity contribution >= 4 is 5.97 Å². The second-order valence-electron chi connectivity index (χ2n) is 5.97. The molecule has 0 spiro atoms. The van der Waals surface area contributed by atoms with Crippen molar-refractivity contribution in [1.29, 1.82) is 0 Å². The maximum absolute atomic E-state index is 13.1. The Morgan fingerprint density at radius 3 is 2.61 bits per heavy atom. The normalized spacial score (nSPS) is 15.6. The van der Waals surface area contributed by atoms with E-state index in [2.05, 4.69) is 5.10 Å². The van der Waals surface area contributed by atoms with Gasteiger partial charge in [0.2, 0.25) is 5.88 Å². The third-order valence-electron chi connectivity index (χ3n) is 4.30. The molecule has 0 unspecified atom stereocenters. The van der Waals surface area contributed by atoms with E-state index in [0.717, 1.165) is 37.8 Å². The molecule has 3 rings (SSSR count). The van der Waals surface area contributed by atoms with Gasteiger partial charge in [0.15, 0.2) is 0 Å². The molecule has 0 radical (unpaired) electrons. The van der Waals surface area contributed by atoms with Gasteiger partial charge in [0.05, 0.1) is 17.3 Å². The molecule has 5 heteroatoms. The second-order valence-corrected chi connectivity index (χ2v) is 5.97. The minimum atomic E-state index is -0.308. The summed E-state index contributed by atoms with van der Waals surface area (Å²) in [5.41, 5.74) is 1.51. The lowest BCUT2D eigenvalue weighted by Crippen LogP contribution is -2.23. The number of rotatable bonds is 4. The van der Waals surface area contributed by atoms with Crippen molar-refractivity contribution in [1.82, 2.24) is 9.78 Å². The van der Waals surface area contributed by atoms with Gasteiger partial charge in [-0.1, -0.05) is 26.2 Å². The van der Waals surface area contributed by atoms with Crippen LogP contribution in [-0.2, 0) is 11.2 Å². The van der Waals surface area contributed by atoms with Gasteiger partial charge in [-0.25, -0.2) is 9.07 Å². The van der Waals surface area contributed by atoms with Crippen LogP contribution in [-0.4, -0.2) is 15.7 Å². The van der Waals surface area contributed by atoms with Crippen LogP contribution in [0.4, 0.5) is 4.39 Å². The van der Waals surface area contributed by atoms with Gasteiger partial charge < -0.3 is 4.74 Å². The van der Waals surface area contributed by atoms with Crippen LogP contribution in [0.25, 0.3) is 5.69 Å². The first-order chi connectivity index (χ1) is 11.2. The van der Waals surface area contributed by atoms with Crippen molar-refractivity contribution in [2.75, 3.05) is 0 Å². The first-order valence-corrected chi connectivity index (χ1v) is 8.24. The molecule has 1 fully saturated rings. The molecule has 1 heterocycles. The fourth-order valence-electron chi connectivity index (χ4n) is 2.95. The molecule has 4 nitrogen and oxygen atoms in total. The number of aryl methyl sites for hydroxylation is 1. The van der Waals surface area contributed by atoms with Crippen molar-refractivity contribution in [2.24, 2.45) is 5.92 Å². The first kappa shape index (κ1) is 15.7. The number of nitrogens with zero attached hydrogens (tertiary/aromatic N) is 2. The lowest BCUT2D eigenvalue weighted by atomic mass is 9.89. The van der Waals surface area contributed by atoms with Crippen LogP contribution in [0.3, 0.4) is 0 Å². The molecule has 0 aliphatic heterocycles. The van der Waals surface area contributed by atoms with Crippen LogP contribution >= 0.6 is 0 Å². The smallest absolute Gasteiger partial charge is 0.315 e. The molecule has 1 aliphatic carbocycles. The van der Waals surface area contributed by atoms with Crippen LogP contribution < -0.4 is 4.74 Å². The maximum Gasteiger partial charge on any atom is 0.315 e. The minimum absolute atomic E-state index is 0.0228. The summed E-state index contributed by atoms with van der Waals surface area (Å²) in [6.45, 7) is 1.99. The van der Waals surface area contributed by atoms with Gasteiger partial charge in [-0.05, 0) is 43.5 Å². The quantitative estimate of drug-likeness (QED) is 0.799. The molecule has 1 aliphatic rings. The van der Waals surface area contributed by atoms with Crippen LogP contribution in [0.5, 0.6) is 5.88 Å². The van der Waals surface area contributed by atoms with Crippen LogP contribution in [0, 0.1) is 11.7 Å². The summed E-state index contributed by atoms with van der Waals surface area (Å²) >= 11 is 0. The number of hydrogen-bond donors (Lipinski definition) is 0. The molecule has 1 aromatic heterocycles. The third kappa shape index (κ3) is 3.60. The van der Waals surface area contributed by atoms with Crippen LogP contribution in [0.2, 0.25) is 0 Å². The Hall–Kier alpha value is -2.17. The molecule has 23 heavy (non-hydrogen) atoms. The predicted octanol–water partition coefficient (Wildman–Crippen LogP) is 4.06. The number of carbonyl (C=O) groups excluding carboxylic acids is 1. The summed E-state index contributed by atoms with van der Waals surface area (Å²) in [6, 6.07) is 7.77. The van der Waals surface area contributed by atoms with Crippen molar-refractivity contribution in [3.05, 3.63) is 41.8 Å². The summed E-state index contributed by atoms with van der Waals surface area (Å²) < 4.78 is 20.3.